The summed E-state index contributed by atoms with van der Waals surface area (Å²) >= 11 is 0. The zero-order valence-electron chi connectivity index (χ0n) is 17.4. The van der Waals surface area contributed by atoms with E-state index < -0.39 is 5.92 Å². The highest BCUT2D eigenvalue weighted by Crippen LogP contribution is 2.61. The lowest BCUT2D eigenvalue weighted by Crippen LogP contribution is -2.50. The molecule has 0 spiro atoms. The maximum absolute atomic E-state index is 12.6. The van der Waals surface area contributed by atoms with E-state index in [9.17, 15) is 14.4 Å². The summed E-state index contributed by atoms with van der Waals surface area (Å²) in [5.41, 5.74) is 6.44. The van der Waals surface area contributed by atoms with Gasteiger partial charge in [-0.25, -0.2) is 0 Å². The second-order valence-corrected chi connectivity index (χ2v) is 10.3. The molecule has 0 aromatic heterocycles. The Morgan fingerprint density at radius 3 is 2.23 bits per heavy atom. The number of hydrogen-bond donors (Lipinski definition) is 2. The fourth-order valence-corrected chi connectivity index (χ4v) is 7.03. The number of amides is 3. The third kappa shape index (κ3) is 3.96. The van der Waals surface area contributed by atoms with Crippen molar-refractivity contribution in [1.29, 1.82) is 0 Å². The smallest absolute Gasteiger partial charge is 0.243 e. The van der Waals surface area contributed by atoms with Gasteiger partial charge in [0.05, 0.1) is 5.92 Å². The molecule has 1 aromatic carbocycles. The van der Waals surface area contributed by atoms with Crippen LogP contribution >= 0.6 is 0 Å². The number of hydrogen-bond acceptors (Lipinski definition) is 3. The fraction of sp³-hybridized carbons (Fsp3) is 0.625. The number of benzene rings is 1. The molecule has 6 heteroatoms. The summed E-state index contributed by atoms with van der Waals surface area (Å²) < 4.78 is 0. The minimum absolute atomic E-state index is 0.0149. The molecule has 1 unspecified atom stereocenters. The van der Waals surface area contributed by atoms with E-state index in [0.29, 0.717) is 19.5 Å². The van der Waals surface area contributed by atoms with Gasteiger partial charge < -0.3 is 4.90 Å². The van der Waals surface area contributed by atoms with Crippen LogP contribution in [0.1, 0.15) is 56.9 Å². The first-order chi connectivity index (χ1) is 14.5. The van der Waals surface area contributed by atoms with Crippen molar-refractivity contribution in [2.45, 2.75) is 57.9 Å². The Morgan fingerprint density at radius 1 is 0.967 bits per heavy atom. The second-order valence-electron chi connectivity index (χ2n) is 10.3. The molecule has 1 aliphatic heterocycles. The number of carbonyl (C=O) groups is 3. The topological polar surface area (TPSA) is 78.5 Å². The van der Waals surface area contributed by atoms with Crippen LogP contribution in [0.3, 0.4) is 0 Å². The van der Waals surface area contributed by atoms with E-state index in [-0.39, 0.29) is 29.6 Å². The van der Waals surface area contributed by atoms with Crippen molar-refractivity contribution < 1.29 is 14.4 Å². The molecule has 5 aliphatic rings. The monoisotopic (exact) mass is 409 g/mol. The summed E-state index contributed by atoms with van der Waals surface area (Å²) in [5, 5.41) is 0. The molecule has 30 heavy (non-hydrogen) atoms. The lowest BCUT2D eigenvalue weighted by atomic mass is 9.49. The molecule has 1 aromatic rings. The first-order valence-corrected chi connectivity index (χ1v) is 11.4. The molecular formula is C24H31N3O3. The van der Waals surface area contributed by atoms with E-state index in [0.717, 1.165) is 23.3 Å². The summed E-state index contributed by atoms with van der Waals surface area (Å²) in [7, 11) is 0. The average Bonchev–Trinajstić information content (AvgIpc) is 3.06. The Balaban J connectivity index is 1.10. The Hall–Kier alpha value is -2.37. The third-order valence-corrected chi connectivity index (χ3v) is 7.83. The van der Waals surface area contributed by atoms with Crippen LogP contribution in [0.4, 0.5) is 0 Å². The normalized spacial score (nSPS) is 34.3. The molecular weight excluding hydrogens is 378 g/mol. The van der Waals surface area contributed by atoms with Gasteiger partial charge in [-0.15, -0.1) is 0 Å². The van der Waals surface area contributed by atoms with Gasteiger partial charge in [-0.05, 0) is 67.3 Å². The van der Waals surface area contributed by atoms with Crippen LogP contribution in [0.2, 0.25) is 0 Å². The van der Waals surface area contributed by atoms with Crippen molar-refractivity contribution in [3.63, 3.8) is 0 Å². The standard InChI is InChI=1S/C24H31N3O3/c28-21(13-24-10-17-6-18(11-24)8-19(7-17)12-24)25-26-23(30)20-9-22(29)27(15-20)14-16-4-2-1-3-5-16/h1-5,17-20H,6-15H2,(H,25,28)(H,26,30). The van der Waals surface area contributed by atoms with E-state index in [1.165, 1.54) is 38.5 Å². The van der Waals surface area contributed by atoms with E-state index in [1.807, 2.05) is 30.3 Å². The summed E-state index contributed by atoms with van der Waals surface area (Å²) in [4.78, 5) is 39.2. The van der Waals surface area contributed by atoms with Gasteiger partial charge in [-0.2, -0.15) is 0 Å². The SMILES string of the molecule is O=C(CC12CC3CC(CC(C3)C1)C2)NNC(=O)C1CC(=O)N(Cc2ccccc2)C1. The van der Waals surface area contributed by atoms with Gasteiger partial charge >= 0.3 is 0 Å². The molecule has 6 rings (SSSR count). The predicted octanol–water partition coefficient (Wildman–Crippen LogP) is 2.79. The van der Waals surface area contributed by atoms with Crippen LogP contribution in [0.5, 0.6) is 0 Å². The molecule has 160 valence electrons. The van der Waals surface area contributed by atoms with Crippen LogP contribution in [0.25, 0.3) is 0 Å². The molecule has 4 saturated carbocycles. The lowest BCUT2D eigenvalue weighted by Gasteiger charge is -2.56. The van der Waals surface area contributed by atoms with Gasteiger partial charge in [0.25, 0.3) is 0 Å². The summed E-state index contributed by atoms with van der Waals surface area (Å²) in [6.07, 6.45) is 8.29. The number of nitrogens with zero attached hydrogens (tertiary/aromatic N) is 1. The van der Waals surface area contributed by atoms with Crippen molar-refractivity contribution in [2.24, 2.45) is 29.1 Å². The summed E-state index contributed by atoms with van der Waals surface area (Å²) in [6.45, 7) is 0.909. The largest absolute Gasteiger partial charge is 0.338 e. The van der Waals surface area contributed by atoms with Crippen molar-refractivity contribution >= 4 is 17.7 Å². The summed E-state index contributed by atoms with van der Waals surface area (Å²) in [6, 6.07) is 9.78. The van der Waals surface area contributed by atoms with E-state index >= 15 is 0 Å². The molecule has 4 bridgehead atoms. The van der Waals surface area contributed by atoms with Crippen LogP contribution < -0.4 is 10.9 Å². The quantitative estimate of drug-likeness (QED) is 0.734. The maximum atomic E-state index is 12.6. The number of carbonyl (C=O) groups excluding carboxylic acids is 3. The number of likely N-dealkylation sites (tertiary alicyclic amines) is 1. The Kier molecular flexibility index (Phi) is 5.03. The zero-order chi connectivity index (χ0) is 20.7. The molecule has 2 N–H and O–H groups in total. The van der Waals surface area contributed by atoms with Crippen LogP contribution in [-0.2, 0) is 20.9 Å². The molecule has 1 atom stereocenters. The molecule has 0 radical (unpaired) electrons. The highest BCUT2D eigenvalue weighted by molar-refractivity contribution is 5.90. The first kappa shape index (κ1) is 19.6. The number of hydrazine groups is 1. The van der Waals surface area contributed by atoms with Crippen molar-refractivity contribution in [3.05, 3.63) is 35.9 Å². The summed E-state index contributed by atoms with van der Waals surface area (Å²) in [5.74, 6) is 1.63. The van der Waals surface area contributed by atoms with Gasteiger partial charge in [-0.3, -0.25) is 25.2 Å². The van der Waals surface area contributed by atoms with Gasteiger partial charge in [0.15, 0.2) is 0 Å². The Bertz CT molecular complexity index is 802. The molecule has 4 aliphatic carbocycles. The van der Waals surface area contributed by atoms with Crippen LogP contribution in [0, 0.1) is 29.1 Å². The maximum Gasteiger partial charge on any atom is 0.243 e. The highest BCUT2D eigenvalue weighted by Gasteiger charge is 2.51. The van der Waals surface area contributed by atoms with Crippen LogP contribution in [-0.4, -0.2) is 29.2 Å². The fourth-order valence-electron chi connectivity index (χ4n) is 7.03. The van der Waals surface area contributed by atoms with Gasteiger partial charge in [0, 0.05) is 25.9 Å². The average molecular weight is 410 g/mol. The predicted molar refractivity (Wildman–Crippen MR) is 111 cm³/mol. The minimum atomic E-state index is -0.416. The molecule has 6 nitrogen and oxygen atoms in total. The lowest BCUT2D eigenvalue weighted by molar-refractivity contribution is -0.135. The van der Waals surface area contributed by atoms with E-state index in [2.05, 4.69) is 10.9 Å². The Morgan fingerprint density at radius 2 is 1.60 bits per heavy atom. The molecule has 1 saturated heterocycles. The van der Waals surface area contributed by atoms with Gasteiger partial charge in [0.2, 0.25) is 17.7 Å². The van der Waals surface area contributed by atoms with Crippen molar-refractivity contribution in [3.8, 4) is 0 Å². The first-order valence-electron chi connectivity index (χ1n) is 11.4. The second kappa shape index (κ2) is 7.71. The van der Waals surface area contributed by atoms with Gasteiger partial charge in [-0.1, -0.05) is 30.3 Å². The van der Waals surface area contributed by atoms with Gasteiger partial charge in [0.1, 0.15) is 0 Å². The minimum Gasteiger partial charge on any atom is -0.338 e. The number of rotatable bonds is 5. The van der Waals surface area contributed by atoms with E-state index in [1.54, 1.807) is 4.90 Å². The van der Waals surface area contributed by atoms with Crippen molar-refractivity contribution in [2.75, 3.05) is 6.54 Å². The highest BCUT2D eigenvalue weighted by atomic mass is 16.2. The zero-order valence-corrected chi connectivity index (χ0v) is 17.4. The van der Waals surface area contributed by atoms with Crippen molar-refractivity contribution in [1.82, 2.24) is 15.8 Å². The Labute approximate surface area is 177 Å². The van der Waals surface area contributed by atoms with Crippen LogP contribution in [0.15, 0.2) is 30.3 Å². The molecule has 3 amide bonds. The third-order valence-electron chi connectivity index (χ3n) is 7.83. The van der Waals surface area contributed by atoms with E-state index in [4.69, 9.17) is 0 Å². The molecule has 1 heterocycles. The number of nitrogens with one attached hydrogen (secondary N) is 2. The molecule has 5 fully saturated rings.